The first-order valence-corrected chi connectivity index (χ1v) is 12.9. The largest absolute Gasteiger partial charge is 0.354 e. The Morgan fingerprint density at radius 3 is 2.49 bits per heavy atom. The van der Waals surface area contributed by atoms with Gasteiger partial charge in [-0.3, -0.25) is 0 Å². The lowest BCUT2D eigenvalue weighted by Gasteiger charge is -2.33. The molecule has 2 heterocycles. The second-order valence-corrected chi connectivity index (χ2v) is 9.57. The molecule has 0 radical (unpaired) electrons. The van der Waals surface area contributed by atoms with Crippen molar-refractivity contribution >= 4 is 47.3 Å². The van der Waals surface area contributed by atoms with Gasteiger partial charge in [-0.15, -0.1) is 12.8 Å². The third-order valence-electron chi connectivity index (χ3n) is 5.48. The van der Waals surface area contributed by atoms with Gasteiger partial charge in [-0.1, -0.05) is 25.1 Å². The van der Waals surface area contributed by atoms with E-state index in [1.807, 2.05) is 37.9 Å². The van der Waals surface area contributed by atoms with Crippen LogP contribution in [0.25, 0.3) is 12.2 Å². The van der Waals surface area contributed by atoms with Crippen LogP contribution in [-0.2, 0) is 0 Å². The molecule has 1 saturated heterocycles. The Bertz CT molecular complexity index is 1010. The van der Waals surface area contributed by atoms with Gasteiger partial charge in [-0.25, -0.2) is 20.4 Å². The van der Waals surface area contributed by atoms with Crippen molar-refractivity contribution in [1.29, 1.82) is 0 Å². The summed E-state index contributed by atoms with van der Waals surface area (Å²) < 4.78 is 3.43. The molecule has 0 unspecified atom stereocenters. The molecule has 1 aliphatic carbocycles. The van der Waals surface area contributed by atoms with E-state index < -0.39 is 0 Å². The van der Waals surface area contributed by atoms with Crippen LogP contribution >= 0.6 is 11.9 Å². The number of hydrogen-bond acceptors (Lipinski definition) is 8. The van der Waals surface area contributed by atoms with Crippen LogP contribution in [0.15, 0.2) is 35.3 Å². The van der Waals surface area contributed by atoms with E-state index in [1.54, 1.807) is 0 Å². The molecule has 3 N–H and O–H groups in total. The Labute approximate surface area is 213 Å². The Morgan fingerprint density at radius 2 is 1.83 bits per heavy atom. The smallest absolute Gasteiger partial charge is 0.160 e. The SMILES string of the molecule is C#C.CCNN/C(C)=N/c1cc(N2CCN(C)CC2)nc(/C=C/c2ccc(NSC3CC3)cc2)n1. The van der Waals surface area contributed by atoms with E-state index >= 15 is 0 Å². The average Bonchev–Trinajstić information content (AvgIpc) is 3.72. The third kappa shape index (κ3) is 8.91. The number of amidine groups is 1. The van der Waals surface area contributed by atoms with Gasteiger partial charge in [0.15, 0.2) is 11.6 Å². The topological polar surface area (TPSA) is 80.7 Å². The molecule has 0 atom stereocenters. The maximum atomic E-state index is 4.83. The van der Waals surface area contributed by atoms with Crippen molar-refractivity contribution < 1.29 is 0 Å². The predicted molar refractivity (Wildman–Crippen MR) is 151 cm³/mol. The summed E-state index contributed by atoms with van der Waals surface area (Å²) in [6.45, 7) is 8.71. The van der Waals surface area contributed by atoms with Crippen LogP contribution in [0.5, 0.6) is 0 Å². The highest BCUT2D eigenvalue weighted by Crippen LogP contribution is 2.34. The van der Waals surface area contributed by atoms with E-state index in [0.29, 0.717) is 11.6 Å². The van der Waals surface area contributed by atoms with Crippen molar-refractivity contribution in [2.45, 2.75) is 31.9 Å². The van der Waals surface area contributed by atoms with Gasteiger partial charge >= 0.3 is 0 Å². The Hall–Kier alpha value is -3.06. The molecule has 8 nitrogen and oxygen atoms in total. The average molecular weight is 493 g/mol. The van der Waals surface area contributed by atoms with Gasteiger partial charge in [0.05, 0.1) is 0 Å². The first-order valence-electron chi connectivity index (χ1n) is 12.0. The number of aliphatic imine (C=N–C) groups is 1. The molecule has 35 heavy (non-hydrogen) atoms. The molecule has 186 valence electrons. The van der Waals surface area contributed by atoms with Gasteiger partial charge < -0.3 is 19.9 Å². The molecule has 0 amide bonds. The van der Waals surface area contributed by atoms with E-state index in [2.05, 4.69) is 85.6 Å². The molecule has 9 heteroatoms. The lowest BCUT2D eigenvalue weighted by Crippen LogP contribution is -2.44. The summed E-state index contributed by atoms with van der Waals surface area (Å²) in [6.07, 6.45) is 14.7. The molecule has 0 spiro atoms. The minimum absolute atomic E-state index is 0.651. The summed E-state index contributed by atoms with van der Waals surface area (Å²) in [5, 5.41) is 0.780. The fraction of sp³-hybridized carbons (Fsp3) is 0.423. The number of hydrogen-bond donors (Lipinski definition) is 3. The van der Waals surface area contributed by atoms with Gasteiger partial charge in [0.25, 0.3) is 0 Å². The van der Waals surface area contributed by atoms with Crippen LogP contribution in [0.4, 0.5) is 17.3 Å². The zero-order chi connectivity index (χ0) is 25.0. The van der Waals surface area contributed by atoms with Crippen molar-refractivity contribution in [3.8, 4) is 12.8 Å². The predicted octanol–water partition coefficient (Wildman–Crippen LogP) is 4.03. The van der Waals surface area contributed by atoms with Crippen molar-refractivity contribution in [2.24, 2.45) is 4.99 Å². The summed E-state index contributed by atoms with van der Waals surface area (Å²) in [6, 6.07) is 10.4. The van der Waals surface area contributed by atoms with Gasteiger partial charge in [-0.2, -0.15) is 0 Å². The highest BCUT2D eigenvalue weighted by Gasteiger charge is 2.22. The molecule has 1 aromatic carbocycles. The van der Waals surface area contributed by atoms with Crippen LogP contribution in [0.3, 0.4) is 0 Å². The van der Waals surface area contributed by atoms with E-state index in [4.69, 9.17) is 4.98 Å². The number of hydrazine groups is 1. The van der Waals surface area contributed by atoms with E-state index in [-0.39, 0.29) is 0 Å². The number of terminal acetylenes is 1. The number of anilines is 2. The van der Waals surface area contributed by atoms with E-state index in [0.717, 1.165) is 60.9 Å². The minimum atomic E-state index is 0.651. The molecule has 1 aliphatic heterocycles. The number of likely N-dealkylation sites (N-methyl/N-ethyl adjacent to an activating group) is 1. The van der Waals surface area contributed by atoms with E-state index in [9.17, 15) is 0 Å². The van der Waals surface area contributed by atoms with Crippen molar-refractivity contribution in [3.63, 3.8) is 0 Å². The van der Waals surface area contributed by atoms with Crippen molar-refractivity contribution in [3.05, 3.63) is 41.7 Å². The van der Waals surface area contributed by atoms with Crippen LogP contribution in [-0.4, -0.2) is 65.7 Å². The quantitative estimate of drug-likeness (QED) is 0.159. The molecule has 2 aromatic rings. The number of rotatable bonds is 9. The third-order valence-corrected chi connectivity index (χ3v) is 6.63. The molecule has 2 fully saturated rings. The molecule has 1 saturated carbocycles. The van der Waals surface area contributed by atoms with Crippen LogP contribution in [0.2, 0.25) is 0 Å². The zero-order valence-electron chi connectivity index (χ0n) is 20.9. The summed E-state index contributed by atoms with van der Waals surface area (Å²) in [4.78, 5) is 18.8. The van der Waals surface area contributed by atoms with Gasteiger partial charge in [0.2, 0.25) is 0 Å². The number of aromatic nitrogens is 2. The molecule has 1 aromatic heterocycles. The standard InChI is InChI=1S/C24H34N8S.C2H2/c1-4-25-29-18(2)26-23-17-24(32-15-13-31(3)14-16-32)28-22(27-23)12-7-19-5-8-20(9-6-19)30-33-21-10-11-21;1-2/h5-9,12,17,21,25,30H,4,10-11,13-16H2,1-3H3,(H,26,27,28,29);1-2H/b12-7+;. The summed E-state index contributed by atoms with van der Waals surface area (Å²) in [7, 11) is 2.16. The van der Waals surface area contributed by atoms with Crippen molar-refractivity contribution in [2.75, 3.05) is 49.4 Å². The summed E-state index contributed by atoms with van der Waals surface area (Å²) in [5.41, 5.74) is 8.41. The maximum absolute atomic E-state index is 4.83. The van der Waals surface area contributed by atoms with Gasteiger partial charge in [-0.05, 0) is 62.5 Å². The zero-order valence-corrected chi connectivity index (χ0v) is 21.7. The van der Waals surface area contributed by atoms with Crippen LogP contribution in [0, 0.1) is 12.8 Å². The fourth-order valence-corrected chi connectivity index (χ4v) is 4.17. The molecule has 2 aliphatic rings. The number of nitrogens with one attached hydrogen (secondary N) is 3. The van der Waals surface area contributed by atoms with Gasteiger partial charge in [0, 0.05) is 49.7 Å². The van der Waals surface area contributed by atoms with E-state index in [1.165, 1.54) is 12.8 Å². The number of piperazine rings is 1. The molecule has 4 rings (SSSR count). The lowest BCUT2D eigenvalue weighted by atomic mass is 10.2. The van der Waals surface area contributed by atoms with Crippen LogP contribution < -0.4 is 20.5 Å². The highest BCUT2D eigenvalue weighted by atomic mass is 32.2. The minimum Gasteiger partial charge on any atom is -0.354 e. The molecular formula is C26H36N8S. The lowest BCUT2D eigenvalue weighted by molar-refractivity contribution is 0.312. The summed E-state index contributed by atoms with van der Waals surface area (Å²) in [5.74, 6) is 3.00. The molecule has 0 bridgehead atoms. The number of benzene rings is 1. The summed E-state index contributed by atoms with van der Waals surface area (Å²) >= 11 is 1.82. The Kier molecular flexibility index (Phi) is 10.4. The first kappa shape index (κ1) is 26.5. The second-order valence-electron chi connectivity index (χ2n) is 8.46. The van der Waals surface area contributed by atoms with Gasteiger partial charge in [0.1, 0.15) is 11.7 Å². The molecular weight excluding hydrogens is 456 g/mol. The Morgan fingerprint density at radius 1 is 1.11 bits per heavy atom. The van der Waals surface area contributed by atoms with Crippen molar-refractivity contribution in [1.82, 2.24) is 25.7 Å². The maximum Gasteiger partial charge on any atom is 0.160 e. The fourth-order valence-electron chi connectivity index (χ4n) is 3.36. The first-order chi connectivity index (χ1) is 17.1. The number of nitrogens with zero attached hydrogens (tertiary/aromatic N) is 5. The van der Waals surface area contributed by atoms with Crippen LogP contribution in [0.1, 0.15) is 38.1 Å². The normalized spacial score (nSPS) is 16.6. The monoisotopic (exact) mass is 492 g/mol. The highest BCUT2D eigenvalue weighted by molar-refractivity contribution is 8.01. The Balaban J connectivity index is 0.00000167. The second kappa shape index (κ2) is 13.7.